The number of rotatable bonds is 11. The summed E-state index contributed by atoms with van der Waals surface area (Å²) in [5.41, 5.74) is 2.09. The van der Waals surface area contributed by atoms with Crippen LogP contribution in [-0.4, -0.2) is 18.2 Å². The van der Waals surface area contributed by atoms with Gasteiger partial charge in [-0.25, -0.2) is 4.79 Å². The first-order valence-corrected chi connectivity index (χ1v) is 10.1. The van der Waals surface area contributed by atoms with Crippen LogP contribution in [-0.2, 0) is 9.63 Å². The van der Waals surface area contributed by atoms with Crippen molar-refractivity contribution >= 4 is 29.6 Å². The van der Waals surface area contributed by atoms with Crippen molar-refractivity contribution in [2.24, 2.45) is 5.16 Å². The van der Waals surface area contributed by atoms with E-state index in [1.807, 2.05) is 30.3 Å². The van der Waals surface area contributed by atoms with Gasteiger partial charge in [0.2, 0.25) is 5.91 Å². The molecule has 6 nitrogen and oxygen atoms in total. The fourth-order valence-corrected chi connectivity index (χ4v) is 2.74. The van der Waals surface area contributed by atoms with E-state index in [2.05, 4.69) is 22.7 Å². The van der Waals surface area contributed by atoms with Crippen LogP contribution in [0.5, 0.6) is 0 Å². The van der Waals surface area contributed by atoms with Gasteiger partial charge in [0.25, 0.3) is 0 Å². The molecule has 2 rings (SSSR count). The van der Waals surface area contributed by atoms with E-state index >= 15 is 0 Å². The molecule has 0 fully saturated rings. The zero-order chi connectivity index (χ0) is 20.7. The van der Waals surface area contributed by atoms with Crippen LogP contribution in [0.4, 0.5) is 16.2 Å². The smallest absolute Gasteiger partial charge is 0.326 e. The molecule has 0 aliphatic heterocycles. The third kappa shape index (κ3) is 9.55. The molecule has 2 aromatic rings. The van der Waals surface area contributed by atoms with Crippen molar-refractivity contribution in [3.8, 4) is 0 Å². The Labute approximate surface area is 172 Å². The fourth-order valence-electron chi connectivity index (χ4n) is 2.74. The number of hydrogen-bond acceptors (Lipinski definition) is 4. The predicted molar refractivity (Wildman–Crippen MR) is 117 cm³/mol. The second-order valence-corrected chi connectivity index (χ2v) is 6.79. The summed E-state index contributed by atoms with van der Waals surface area (Å²) in [6, 6.07) is 16.2. The normalized spacial score (nSPS) is 10.7. The molecular weight excluding hydrogens is 366 g/mol. The monoisotopic (exact) mass is 395 g/mol. The number of carbonyl (C=O) groups is 2. The predicted octanol–water partition coefficient (Wildman–Crippen LogP) is 5.96. The highest BCUT2D eigenvalue weighted by atomic mass is 16.7. The highest BCUT2D eigenvalue weighted by Gasteiger charge is 2.05. The first kappa shape index (κ1) is 22.1. The second kappa shape index (κ2) is 13.1. The van der Waals surface area contributed by atoms with Gasteiger partial charge in [0.15, 0.2) is 0 Å². The van der Waals surface area contributed by atoms with Crippen LogP contribution < -0.4 is 10.6 Å². The Morgan fingerprint density at radius 2 is 1.48 bits per heavy atom. The van der Waals surface area contributed by atoms with Crippen LogP contribution in [0.3, 0.4) is 0 Å². The number of amides is 2. The third-order valence-corrected chi connectivity index (χ3v) is 4.31. The molecule has 0 spiro atoms. The molecule has 6 heteroatoms. The molecule has 0 aromatic heterocycles. The summed E-state index contributed by atoms with van der Waals surface area (Å²) in [7, 11) is 0. The maximum Gasteiger partial charge on any atom is 0.437 e. The molecule has 0 saturated carbocycles. The average molecular weight is 396 g/mol. The Morgan fingerprint density at radius 1 is 0.862 bits per heavy atom. The molecule has 2 amide bonds. The standard InChI is InChI=1S/C23H29N3O3/c1-2-3-4-5-6-10-13-22(27)25-20-14-16-21(17-15-20)26-23(28)29-24-18-19-11-8-7-9-12-19/h7-9,11-12,14-18H,2-6,10,13H2,1H3,(H,25,27)(H,26,28). The molecule has 0 heterocycles. The van der Waals surface area contributed by atoms with E-state index in [1.54, 1.807) is 24.3 Å². The Hall–Kier alpha value is -3.15. The first-order chi connectivity index (χ1) is 14.2. The summed E-state index contributed by atoms with van der Waals surface area (Å²) in [5, 5.41) is 9.10. The van der Waals surface area contributed by atoms with E-state index in [-0.39, 0.29) is 5.91 Å². The van der Waals surface area contributed by atoms with Crippen molar-refractivity contribution in [1.82, 2.24) is 0 Å². The zero-order valence-corrected chi connectivity index (χ0v) is 16.9. The average Bonchev–Trinajstić information content (AvgIpc) is 2.73. The van der Waals surface area contributed by atoms with Crippen LogP contribution in [0.25, 0.3) is 0 Å². The lowest BCUT2D eigenvalue weighted by molar-refractivity contribution is -0.116. The molecule has 29 heavy (non-hydrogen) atoms. The first-order valence-electron chi connectivity index (χ1n) is 10.1. The van der Waals surface area contributed by atoms with Gasteiger partial charge in [-0.15, -0.1) is 0 Å². The quantitative estimate of drug-likeness (QED) is 0.213. The van der Waals surface area contributed by atoms with Crippen LogP contribution in [0.2, 0.25) is 0 Å². The molecule has 154 valence electrons. The van der Waals surface area contributed by atoms with E-state index in [1.165, 1.54) is 31.9 Å². The lowest BCUT2D eigenvalue weighted by Crippen LogP contribution is -2.12. The van der Waals surface area contributed by atoms with E-state index in [4.69, 9.17) is 4.84 Å². The van der Waals surface area contributed by atoms with Gasteiger partial charge < -0.3 is 5.32 Å². The SMILES string of the molecule is CCCCCCCCC(=O)Nc1ccc(NC(=O)ON=Cc2ccccc2)cc1. The summed E-state index contributed by atoms with van der Waals surface area (Å²) in [6.07, 6.45) is 8.22. The lowest BCUT2D eigenvalue weighted by Gasteiger charge is -2.07. The van der Waals surface area contributed by atoms with Crippen molar-refractivity contribution in [3.05, 3.63) is 60.2 Å². The van der Waals surface area contributed by atoms with Crippen LogP contribution >= 0.6 is 0 Å². The van der Waals surface area contributed by atoms with Crippen LogP contribution in [0.1, 0.15) is 57.4 Å². The van der Waals surface area contributed by atoms with Gasteiger partial charge in [-0.05, 0) is 36.2 Å². The molecular formula is C23H29N3O3. The molecule has 0 bridgehead atoms. The maximum absolute atomic E-state index is 12.0. The Kier molecular flexibility index (Phi) is 10.0. The molecule has 2 N–H and O–H groups in total. The topological polar surface area (TPSA) is 79.8 Å². The van der Waals surface area contributed by atoms with Crippen molar-refractivity contribution in [2.75, 3.05) is 10.6 Å². The number of carbonyl (C=O) groups excluding carboxylic acids is 2. The number of anilines is 2. The van der Waals surface area contributed by atoms with E-state index < -0.39 is 6.09 Å². The van der Waals surface area contributed by atoms with Crippen LogP contribution in [0.15, 0.2) is 59.8 Å². The lowest BCUT2D eigenvalue weighted by atomic mass is 10.1. The van der Waals surface area contributed by atoms with Crippen molar-refractivity contribution < 1.29 is 14.4 Å². The highest BCUT2D eigenvalue weighted by Crippen LogP contribution is 2.15. The van der Waals surface area contributed by atoms with Crippen molar-refractivity contribution in [3.63, 3.8) is 0 Å². The van der Waals surface area contributed by atoms with E-state index in [0.717, 1.165) is 18.4 Å². The zero-order valence-electron chi connectivity index (χ0n) is 16.9. The molecule has 2 aromatic carbocycles. The van der Waals surface area contributed by atoms with E-state index in [9.17, 15) is 9.59 Å². The summed E-state index contributed by atoms with van der Waals surface area (Å²) in [6.45, 7) is 2.19. The summed E-state index contributed by atoms with van der Waals surface area (Å²) < 4.78 is 0. The number of hydrogen-bond donors (Lipinski definition) is 2. The minimum Gasteiger partial charge on any atom is -0.326 e. The Bertz CT molecular complexity index is 774. The summed E-state index contributed by atoms with van der Waals surface area (Å²) >= 11 is 0. The third-order valence-electron chi connectivity index (χ3n) is 4.31. The molecule has 0 aliphatic carbocycles. The summed E-state index contributed by atoms with van der Waals surface area (Å²) in [5.74, 6) is 0.0101. The van der Waals surface area contributed by atoms with Gasteiger partial charge in [-0.1, -0.05) is 74.5 Å². The molecule has 0 unspecified atom stereocenters. The minimum atomic E-state index is -0.683. The van der Waals surface area contributed by atoms with Gasteiger partial charge in [0, 0.05) is 17.8 Å². The fraction of sp³-hybridized carbons (Fsp3) is 0.348. The van der Waals surface area contributed by atoms with E-state index in [0.29, 0.717) is 17.8 Å². The number of nitrogens with one attached hydrogen (secondary N) is 2. The van der Waals surface area contributed by atoms with Crippen molar-refractivity contribution in [2.45, 2.75) is 51.9 Å². The Morgan fingerprint density at radius 3 is 2.17 bits per heavy atom. The molecule has 0 radical (unpaired) electrons. The molecule has 0 saturated heterocycles. The molecule has 0 atom stereocenters. The number of benzene rings is 2. The number of nitrogens with zero attached hydrogens (tertiary/aromatic N) is 1. The number of oxime groups is 1. The molecule has 0 aliphatic rings. The van der Waals surface area contributed by atoms with Gasteiger partial charge in [0.1, 0.15) is 0 Å². The Balaban J connectivity index is 1.67. The van der Waals surface area contributed by atoms with Gasteiger partial charge in [-0.2, -0.15) is 0 Å². The second-order valence-electron chi connectivity index (χ2n) is 6.79. The summed E-state index contributed by atoms with van der Waals surface area (Å²) in [4.78, 5) is 28.5. The number of unbranched alkanes of at least 4 members (excludes halogenated alkanes) is 5. The van der Waals surface area contributed by atoms with Gasteiger partial charge >= 0.3 is 6.09 Å². The highest BCUT2D eigenvalue weighted by molar-refractivity contribution is 5.91. The van der Waals surface area contributed by atoms with Gasteiger partial charge in [-0.3, -0.25) is 14.9 Å². The van der Waals surface area contributed by atoms with Gasteiger partial charge in [0.05, 0.1) is 6.21 Å². The van der Waals surface area contributed by atoms with Crippen molar-refractivity contribution in [1.29, 1.82) is 0 Å². The minimum absolute atomic E-state index is 0.0101. The maximum atomic E-state index is 12.0. The van der Waals surface area contributed by atoms with Crippen LogP contribution in [0, 0.1) is 0 Å². The largest absolute Gasteiger partial charge is 0.437 e.